The number of nitrogens with one attached hydrogen (secondary N) is 1. The van der Waals surface area contributed by atoms with Gasteiger partial charge in [-0.3, -0.25) is 14.4 Å². The molecule has 5 nitrogen and oxygen atoms in total. The summed E-state index contributed by atoms with van der Waals surface area (Å²) in [4.78, 5) is 36.8. The van der Waals surface area contributed by atoms with Crippen molar-refractivity contribution in [3.05, 3.63) is 72.0 Å². The maximum absolute atomic E-state index is 12.1. The van der Waals surface area contributed by atoms with Crippen molar-refractivity contribution in [2.45, 2.75) is 19.8 Å². The lowest BCUT2D eigenvalue weighted by atomic mass is 10.0. The SMILES string of the molecule is CC1=CN(C/C=C\CNC(=O)Cc2ccc3ccccc3c2)C(=O)CC1=O. The molecule has 5 heteroatoms. The molecule has 1 N–H and O–H groups in total. The van der Waals surface area contributed by atoms with E-state index in [9.17, 15) is 14.4 Å². The van der Waals surface area contributed by atoms with Crippen molar-refractivity contribution in [3.8, 4) is 0 Å². The summed E-state index contributed by atoms with van der Waals surface area (Å²) in [7, 11) is 0. The number of nitrogens with zero attached hydrogens (tertiary/aromatic N) is 1. The molecule has 0 fully saturated rings. The number of fused-ring (bicyclic) bond motifs is 1. The topological polar surface area (TPSA) is 66.5 Å². The molecule has 0 aromatic heterocycles. The van der Waals surface area contributed by atoms with Gasteiger partial charge in [0.1, 0.15) is 0 Å². The van der Waals surface area contributed by atoms with Gasteiger partial charge in [0.05, 0.1) is 12.8 Å². The van der Waals surface area contributed by atoms with Crippen molar-refractivity contribution in [1.82, 2.24) is 10.2 Å². The summed E-state index contributed by atoms with van der Waals surface area (Å²) in [5, 5.41) is 5.12. The highest BCUT2D eigenvalue weighted by Crippen LogP contribution is 2.16. The van der Waals surface area contributed by atoms with E-state index in [0.29, 0.717) is 25.1 Å². The minimum Gasteiger partial charge on any atom is -0.352 e. The van der Waals surface area contributed by atoms with Gasteiger partial charge < -0.3 is 10.2 Å². The fourth-order valence-corrected chi connectivity index (χ4v) is 2.95. The minimum atomic E-state index is -0.199. The van der Waals surface area contributed by atoms with Gasteiger partial charge in [0, 0.05) is 24.9 Å². The predicted molar refractivity (Wildman–Crippen MR) is 105 cm³/mol. The molecule has 0 atom stereocenters. The molecule has 2 aromatic rings. The Hall–Kier alpha value is -3.21. The highest BCUT2D eigenvalue weighted by Gasteiger charge is 2.21. The number of hydrogen-bond acceptors (Lipinski definition) is 3. The van der Waals surface area contributed by atoms with Crippen LogP contribution in [-0.4, -0.2) is 35.6 Å². The molecule has 0 aliphatic carbocycles. The number of amides is 2. The second-order valence-corrected chi connectivity index (χ2v) is 6.59. The fourth-order valence-electron chi connectivity index (χ4n) is 2.95. The summed E-state index contributed by atoms with van der Waals surface area (Å²) in [6.07, 6.45) is 5.46. The maximum atomic E-state index is 12.1. The molecule has 0 bridgehead atoms. The fraction of sp³-hybridized carbons (Fsp3) is 0.227. The number of ketones is 1. The van der Waals surface area contributed by atoms with E-state index in [0.717, 1.165) is 16.3 Å². The van der Waals surface area contributed by atoms with Crippen molar-refractivity contribution < 1.29 is 14.4 Å². The van der Waals surface area contributed by atoms with Crippen LogP contribution in [-0.2, 0) is 20.8 Å². The molecule has 27 heavy (non-hydrogen) atoms. The number of hydrogen-bond donors (Lipinski definition) is 1. The van der Waals surface area contributed by atoms with Crippen molar-refractivity contribution in [3.63, 3.8) is 0 Å². The Kier molecular flexibility index (Phi) is 5.81. The first-order chi connectivity index (χ1) is 13.0. The largest absolute Gasteiger partial charge is 0.352 e. The van der Waals surface area contributed by atoms with Crippen molar-refractivity contribution in [2.75, 3.05) is 13.1 Å². The zero-order valence-corrected chi connectivity index (χ0v) is 15.3. The van der Waals surface area contributed by atoms with E-state index < -0.39 is 0 Å². The Morgan fingerprint density at radius 3 is 2.70 bits per heavy atom. The van der Waals surface area contributed by atoms with E-state index in [1.165, 1.54) is 4.90 Å². The van der Waals surface area contributed by atoms with E-state index in [-0.39, 0.29) is 24.0 Å². The van der Waals surface area contributed by atoms with Gasteiger partial charge in [-0.25, -0.2) is 0 Å². The monoisotopic (exact) mass is 362 g/mol. The first-order valence-corrected chi connectivity index (χ1v) is 8.93. The lowest BCUT2D eigenvalue weighted by Gasteiger charge is -2.21. The average molecular weight is 362 g/mol. The summed E-state index contributed by atoms with van der Waals surface area (Å²) in [6, 6.07) is 14.1. The molecule has 2 aromatic carbocycles. The molecule has 138 valence electrons. The van der Waals surface area contributed by atoms with Crippen LogP contribution in [0.4, 0.5) is 0 Å². The molecular weight excluding hydrogens is 340 g/mol. The second kappa shape index (κ2) is 8.45. The second-order valence-electron chi connectivity index (χ2n) is 6.59. The normalized spacial score (nSPS) is 14.7. The lowest BCUT2D eigenvalue weighted by Crippen LogP contribution is -2.33. The van der Waals surface area contributed by atoms with Crippen LogP contribution in [0.5, 0.6) is 0 Å². The van der Waals surface area contributed by atoms with Gasteiger partial charge in [-0.1, -0.05) is 54.6 Å². The van der Waals surface area contributed by atoms with E-state index in [1.807, 2.05) is 54.6 Å². The summed E-state index contributed by atoms with van der Waals surface area (Å²) < 4.78 is 0. The molecule has 0 spiro atoms. The third kappa shape index (κ3) is 4.91. The first kappa shape index (κ1) is 18.6. The molecule has 0 saturated heterocycles. The molecule has 0 saturated carbocycles. The minimum absolute atomic E-state index is 0.0506. The number of carbonyl (C=O) groups excluding carboxylic acids is 3. The highest BCUT2D eigenvalue weighted by molar-refractivity contribution is 6.09. The van der Waals surface area contributed by atoms with E-state index in [1.54, 1.807) is 13.1 Å². The number of rotatable bonds is 6. The highest BCUT2D eigenvalue weighted by atomic mass is 16.2. The molecule has 1 aliphatic heterocycles. The molecule has 2 amide bonds. The van der Waals surface area contributed by atoms with E-state index in [2.05, 4.69) is 5.32 Å². The molecule has 1 aliphatic rings. The summed E-state index contributed by atoms with van der Waals surface area (Å²) >= 11 is 0. The van der Waals surface area contributed by atoms with Crippen LogP contribution in [0, 0.1) is 0 Å². The van der Waals surface area contributed by atoms with E-state index >= 15 is 0 Å². The Morgan fingerprint density at radius 2 is 1.89 bits per heavy atom. The molecule has 3 rings (SSSR count). The number of Topliss-reactive ketones (excluding diaryl/α,β-unsaturated/α-hetero) is 1. The molecule has 0 unspecified atom stereocenters. The van der Waals surface area contributed by atoms with Crippen LogP contribution < -0.4 is 5.32 Å². The van der Waals surface area contributed by atoms with Crippen LogP contribution in [0.25, 0.3) is 10.8 Å². The molecule has 0 radical (unpaired) electrons. The Bertz CT molecular complexity index is 943. The lowest BCUT2D eigenvalue weighted by molar-refractivity contribution is -0.133. The van der Waals surface area contributed by atoms with Gasteiger partial charge >= 0.3 is 0 Å². The first-order valence-electron chi connectivity index (χ1n) is 8.93. The third-order valence-corrected chi connectivity index (χ3v) is 4.49. The predicted octanol–water partition coefficient (Wildman–Crippen LogP) is 2.76. The zero-order valence-electron chi connectivity index (χ0n) is 15.3. The molecular formula is C22H22N2O3. The molecule has 1 heterocycles. The van der Waals surface area contributed by atoms with Crippen LogP contribution in [0.1, 0.15) is 18.9 Å². The van der Waals surface area contributed by atoms with Crippen LogP contribution in [0.2, 0.25) is 0 Å². The van der Waals surface area contributed by atoms with Crippen molar-refractivity contribution in [2.24, 2.45) is 0 Å². The van der Waals surface area contributed by atoms with Crippen LogP contribution in [0.15, 0.2) is 66.4 Å². The van der Waals surface area contributed by atoms with Crippen molar-refractivity contribution >= 4 is 28.4 Å². The average Bonchev–Trinajstić information content (AvgIpc) is 2.65. The zero-order chi connectivity index (χ0) is 19.2. The maximum Gasteiger partial charge on any atom is 0.234 e. The van der Waals surface area contributed by atoms with E-state index in [4.69, 9.17) is 0 Å². The van der Waals surface area contributed by atoms with Gasteiger partial charge in [0.15, 0.2) is 5.78 Å². The number of carbonyl (C=O) groups is 3. The van der Waals surface area contributed by atoms with Gasteiger partial charge in [-0.05, 0) is 23.3 Å². The van der Waals surface area contributed by atoms with Crippen LogP contribution >= 0.6 is 0 Å². The Balaban J connectivity index is 1.45. The smallest absolute Gasteiger partial charge is 0.234 e. The summed E-state index contributed by atoms with van der Waals surface area (Å²) in [6.45, 7) is 2.50. The standard InChI is InChI=1S/C22H22N2O3/c1-16-15-24(22(27)14-20(16)25)11-5-4-10-23-21(26)13-17-8-9-18-6-2-3-7-19(18)12-17/h2-9,12,15H,10-11,13-14H2,1H3,(H,23,26)/b5-4-. The summed E-state index contributed by atoms with van der Waals surface area (Å²) in [5.74, 6) is -0.373. The van der Waals surface area contributed by atoms with Gasteiger partial charge in [0.2, 0.25) is 11.8 Å². The number of allylic oxidation sites excluding steroid dienone is 1. The third-order valence-electron chi connectivity index (χ3n) is 4.49. The van der Waals surface area contributed by atoms with Gasteiger partial charge in [0.25, 0.3) is 0 Å². The van der Waals surface area contributed by atoms with Gasteiger partial charge in [-0.15, -0.1) is 0 Å². The number of benzene rings is 2. The van der Waals surface area contributed by atoms with Gasteiger partial charge in [-0.2, -0.15) is 0 Å². The van der Waals surface area contributed by atoms with Crippen molar-refractivity contribution in [1.29, 1.82) is 0 Å². The summed E-state index contributed by atoms with van der Waals surface area (Å²) in [5.41, 5.74) is 1.56. The van der Waals surface area contributed by atoms with Crippen LogP contribution in [0.3, 0.4) is 0 Å². The quantitative estimate of drug-likeness (QED) is 0.635. The Labute approximate surface area is 158 Å². The Morgan fingerprint density at radius 1 is 1.11 bits per heavy atom.